The van der Waals surface area contributed by atoms with E-state index >= 15 is 0 Å². The number of anilines is 1. The highest BCUT2D eigenvalue weighted by atomic mass is 32.2. The summed E-state index contributed by atoms with van der Waals surface area (Å²) in [5.41, 5.74) is 0.333. The second kappa shape index (κ2) is 6.03. The van der Waals surface area contributed by atoms with E-state index in [1.807, 2.05) is 4.90 Å². The number of nitrogens with zero attached hydrogens (tertiary/aromatic N) is 1. The third-order valence-electron chi connectivity index (χ3n) is 3.33. The van der Waals surface area contributed by atoms with Crippen molar-refractivity contribution in [2.24, 2.45) is 0 Å². The summed E-state index contributed by atoms with van der Waals surface area (Å²) in [6.07, 6.45) is 1.87. The maximum Gasteiger partial charge on any atom is 0.337 e. The fourth-order valence-corrected chi connectivity index (χ4v) is 4.05. The molecular weight excluding hydrogens is 292 g/mol. The summed E-state index contributed by atoms with van der Waals surface area (Å²) in [4.78, 5) is 13.3. The first-order valence-corrected chi connectivity index (χ1v) is 8.45. The molecule has 2 rings (SSSR count). The van der Waals surface area contributed by atoms with E-state index < -0.39 is 16.0 Å². The molecule has 1 fully saturated rings. The number of carboxylic acids is 1. The third kappa shape index (κ3) is 3.36. The van der Waals surface area contributed by atoms with Crippen LogP contribution in [0.4, 0.5) is 5.69 Å². The second-order valence-corrected chi connectivity index (χ2v) is 7.11. The Labute approximate surface area is 124 Å². The standard InChI is InChI=1S/C14H20N2O4S/c1-10(2)15-21(19,20)12-7-5-6-11(14(17)18)13(12)16-8-3-4-9-16/h5-7,10,15H,3-4,8-9H2,1-2H3,(H,17,18). The van der Waals surface area contributed by atoms with Crippen molar-refractivity contribution in [3.63, 3.8) is 0 Å². The first-order valence-electron chi connectivity index (χ1n) is 6.96. The SMILES string of the molecule is CC(C)NS(=O)(=O)c1cccc(C(=O)O)c1N1CCCC1. The predicted molar refractivity (Wildman–Crippen MR) is 80.3 cm³/mol. The van der Waals surface area contributed by atoms with Gasteiger partial charge in [-0.15, -0.1) is 0 Å². The minimum atomic E-state index is -3.74. The first-order chi connectivity index (χ1) is 9.83. The molecule has 6 nitrogen and oxygen atoms in total. The van der Waals surface area contributed by atoms with Gasteiger partial charge in [0.05, 0.1) is 11.3 Å². The van der Waals surface area contributed by atoms with Crippen LogP contribution in [0.1, 0.15) is 37.0 Å². The molecule has 1 aliphatic heterocycles. The van der Waals surface area contributed by atoms with E-state index in [-0.39, 0.29) is 16.5 Å². The average molecular weight is 312 g/mol. The van der Waals surface area contributed by atoms with Gasteiger partial charge in [0, 0.05) is 19.1 Å². The van der Waals surface area contributed by atoms with Gasteiger partial charge in [0.25, 0.3) is 0 Å². The van der Waals surface area contributed by atoms with E-state index in [1.165, 1.54) is 18.2 Å². The quantitative estimate of drug-likeness (QED) is 0.863. The van der Waals surface area contributed by atoms with E-state index in [1.54, 1.807) is 13.8 Å². The number of aromatic carboxylic acids is 1. The van der Waals surface area contributed by atoms with Gasteiger partial charge in [0.1, 0.15) is 4.90 Å². The van der Waals surface area contributed by atoms with Crippen molar-refractivity contribution in [1.29, 1.82) is 0 Å². The summed E-state index contributed by atoms with van der Waals surface area (Å²) in [7, 11) is -3.74. The number of carbonyl (C=O) groups is 1. The van der Waals surface area contributed by atoms with Gasteiger partial charge in [-0.1, -0.05) is 6.07 Å². The Kier molecular flexibility index (Phi) is 4.53. The molecule has 1 saturated heterocycles. The topological polar surface area (TPSA) is 86.7 Å². The van der Waals surface area contributed by atoms with Crippen molar-refractivity contribution in [1.82, 2.24) is 4.72 Å². The molecule has 0 aliphatic carbocycles. The minimum Gasteiger partial charge on any atom is -0.478 e. The van der Waals surface area contributed by atoms with Gasteiger partial charge in [-0.2, -0.15) is 0 Å². The largest absolute Gasteiger partial charge is 0.478 e. The van der Waals surface area contributed by atoms with Gasteiger partial charge >= 0.3 is 5.97 Å². The van der Waals surface area contributed by atoms with Crippen molar-refractivity contribution in [2.45, 2.75) is 37.6 Å². The zero-order valence-corrected chi connectivity index (χ0v) is 13.0. The molecule has 1 aliphatic rings. The fourth-order valence-electron chi connectivity index (χ4n) is 2.55. The normalized spacial score (nSPS) is 15.7. The molecule has 0 saturated carbocycles. The monoisotopic (exact) mass is 312 g/mol. The number of hydrogen-bond acceptors (Lipinski definition) is 4. The Morgan fingerprint density at radius 3 is 2.43 bits per heavy atom. The molecule has 0 aromatic heterocycles. The minimum absolute atomic E-state index is 0.0310. The van der Waals surface area contributed by atoms with E-state index in [0.29, 0.717) is 18.8 Å². The van der Waals surface area contributed by atoms with Crippen molar-refractivity contribution in [3.8, 4) is 0 Å². The lowest BCUT2D eigenvalue weighted by molar-refractivity contribution is 0.0697. The number of nitrogens with one attached hydrogen (secondary N) is 1. The van der Waals surface area contributed by atoms with Gasteiger partial charge in [-0.05, 0) is 38.8 Å². The number of hydrogen-bond donors (Lipinski definition) is 2. The Bertz CT molecular complexity index is 634. The summed E-state index contributed by atoms with van der Waals surface area (Å²) in [5, 5.41) is 9.36. The van der Waals surface area contributed by atoms with Gasteiger partial charge in [0.2, 0.25) is 10.0 Å². The smallest absolute Gasteiger partial charge is 0.337 e. The lowest BCUT2D eigenvalue weighted by Gasteiger charge is -2.23. The highest BCUT2D eigenvalue weighted by Crippen LogP contribution is 2.32. The number of sulfonamides is 1. The number of rotatable bonds is 5. The Hall–Kier alpha value is -1.60. The highest BCUT2D eigenvalue weighted by molar-refractivity contribution is 7.89. The van der Waals surface area contributed by atoms with Crippen molar-refractivity contribution in [2.75, 3.05) is 18.0 Å². The summed E-state index contributed by atoms with van der Waals surface area (Å²) in [5.74, 6) is -1.11. The van der Waals surface area contributed by atoms with Crippen LogP contribution in [0.2, 0.25) is 0 Å². The summed E-state index contributed by atoms with van der Waals surface area (Å²) in [6.45, 7) is 4.81. The molecule has 1 aromatic carbocycles. The summed E-state index contributed by atoms with van der Waals surface area (Å²) in [6, 6.07) is 4.13. The van der Waals surface area contributed by atoms with Crippen LogP contribution >= 0.6 is 0 Å². The molecule has 0 bridgehead atoms. The molecule has 0 unspecified atom stereocenters. The fraction of sp³-hybridized carbons (Fsp3) is 0.500. The average Bonchev–Trinajstić information content (AvgIpc) is 2.89. The lowest BCUT2D eigenvalue weighted by Crippen LogP contribution is -2.32. The number of para-hydroxylation sites is 1. The molecule has 0 radical (unpaired) electrons. The molecule has 0 amide bonds. The van der Waals surface area contributed by atoms with E-state index in [4.69, 9.17) is 0 Å². The molecule has 116 valence electrons. The molecular formula is C14H20N2O4S. The van der Waals surface area contributed by atoms with Crippen LogP contribution in [-0.4, -0.2) is 38.6 Å². The predicted octanol–water partition coefficient (Wildman–Crippen LogP) is 1.67. The number of benzene rings is 1. The molecule has 0 atom stereocenters. The van der Waals surface area contributed by atoms with Crippen LogP contribution < -0.4 is 9.62 Å². The molecule has 2 N–H and O–H groups in total. The van der Waals surface area contributed by atoms with Crippen molar-refractivity contribution >= 4 is 21.7 Å². The Balaban J connectivity index is 2.60. The zero-order valence-electron chi connectivity index (χ0n) is 12.2. The van der Waals surface area contributed by atoms with Crippen LogP contribution in [0.5, 0.6) is 0 Å². The van der Waals surface area contributed by atoms with Crippen molar-refractivity contribution in [3.05, 3.63) is 23.8 Å². The second-order valence-electron chi connectivity index (χ2n) is 5.43. The maximum atomic E-state index is 12.5. The van der Waals surface area contributed by atoms with Crippen molar-refractivity contribution < 1.29 is 18.3 Å². The van der Waals surface area contributed by atoms with Crippen LogP contribution in [0, 0.1) is 0 Å². The van der Waals surface area contributed by atoms with Crippen LogP contribution in [0.15, 0.2) is 23.1 Å². The van der Waals surface area contributed by atoms with Crippen LogP contribution in [0.3, 0.4) is 0 Å². The highest BCUT2D eigenvalue weighted by Gasteiger charge is 2.28. The van der Waals surface area contributed by atoms with Crippen LogP contribution in [0.25, 0.3) is 0 Å². The van der Waals surface area contributed by atoms with E-state index in [2.05, 4.69) is 4.72 Å². The Morgan fingerprint density at radius 2 is 1.90 bits per heavy atom. The van der Waals surface area contributed by atoms with E-state index in [9.17, 15) is 18.3 Å². The molecule has 1 aromatic rings. The van der Waals surface area contributed by atoms with Crippen LogP contribution in [-0.2, 0) is 10.0 Å². The molecule has 1 heterocycles. The maximum absolute atomic E-state index is 12.5. The molecule has 21 heavy (non-hydrogen) atoms. The number of carboxylic acid groups (broad SMARTS) is 1. The molecule has 7 heteroatoms. The van der Waals surface area contributed by atoms with Gasteiger partial charge in [-0.3, -0.25) is 0 Å². The molecule has 0 spiro atoms. The van der Waals surface area contributed by atoms with E-state index in [0.717, 1.165) is 12.8 Å². The van der Waals surface area contributed by atoms with Gasteiger partial charge in [-0.25, -0.2) is 17.9 Å². The lowest BCUT2D eigenvalue weighted by atomic mass is 10.1. The Morgan fingerprint density at radius 1 is 1.29 bits per heavy atom. The zero-order chi connectivity index (χ0) is 15.6. The van der Waals surface area contributed by atoms with Gasteiger partial charge in [0.15, 0.2) is 0 Å². The first kappa shape index (κ1) is 15.8. The van der Waals surface area contributed by atoms with Gasteiger partial charge < -0.3 is 10.0 Å². The summed E-state index contributed by atoms with van der Waals surface area (Å²) >= 11 is 0. The third-order valence-corrected chi connectivity index (χ3v) is 5.02. The summed E-state index contributed by atoms with van der Waals surface area (Å²) < 4.78 is 27.4.